The first-order valence-corrected chi connectivity index (χ1v) is 10.9. The summed E-state index contributed by atoms with van der Waals surface area (Å²) in [6, 6.07) is 16.1. The fourth-order valence-electron chi connectivity index (χ4n) is 3.17. The predicted octanol–water partition coefficient (Wildman–Crippen LogP) is 6.23. The monoisotopic (exact) mass is 463 g/mol. The molecule has 0 unspecified atom stereocenters. The Balaban J connectivity index is 1.68. The van der Waals surface area contributed by atoms with Gasteiger partial charge in [-0.25, -0.2) is 9.78 Å². The number of hydrogen-bond acceptors (Lipinski definition) is 6. The summed E-state index contributed by atoms with van der Waals surface area (Å²) in [5.74, 6) is 0. The molecular formula is C22H16F3NO3S2. The molecule has 2 aromatic carbocycles. The quantitative estimate of drug-likeness (QED) is 0.356. The van der Waals surface area contributed by atoms with Gasteiger partial charge in [0.2, 0.25) is 0 Å². The van der Waals surface area contributed by atoms with E-state index in [9.17, 15) is 23.1 Å². The van der Waals surface area contributed by atoms with Gasteiger partial charge < -0.3 is 9.52 Å². The van der Waals surface area contributed by atoms with E-state index in [0.717, 1.165) is 45.8 Å². The molecule has 160 valence electrons. The number of aliphatic hydroxyl groups is 1. The number of fused-ring (bicyclic) bond motifs is 1. The Hall–Kier alpha value is -2.62. The molecule has 0 radical (unpaired) electrons. The van der Waals surface area contributed by atoms with Crippen LogP contribution in [0.2, 0.25) is 0 Å². The summed E-state index contributed by atoms with van der Waals surface area (Å²) in [5, 5.41) is 10.8. The fourth-order valence-corrected chi connectivity index (χ4v) is 5.34. The third kappa shape index (κ3) is 4.13. The van der Waals surface area contributed by atoms with Crippen LogP contribution in [0, 0.1) is 0 Å². The zero-order valence-corrected chi connectivity index (χ0v) is 17.8. The second-order valence-electron chi connectivity index (χ2n) is 6.81. The van der Waals surface area contributed by atoms with Crippen LogP contribution in [0.4, 0.5) is 13.2 Å². The van der Waals surface area contributed by atoms with Crippen molar-refractivity contribution in [3.05, 3.63) is 76.1 Å². The van der Waals surface area contributed by atoms with Crippen LogP contribution in [0.5, 0.6) is 0 Å². The summed E-state index contributed by atoms with van der Waals surface area (Å²) in [6.45, 7) is 1.27. The van der Waals surface area contributed by atoms with Gasteiger partial charge >= 0.3 is 11.8 Å². The minimum absolute atomic E-state index is 0.260. The van der Waals surface area contributed by atoms with E-state index in [0.29, 0.717) is 14.8 Å². The number of aromatic nitrogens is 1. The first-order chi connectivity index (χ1) is 14.7. The van der Waals surface area contributed by atoms with Crippen molar-refractivity contribution in [2.24, 2.45) is 0 Å². The van der Waals surface area contributed by atoms with Crippen LogP contribution in [0.15, 0.2) is 79.2 Å². The maximum absolute atomic E-state index is 13.3. The van der Waals surface area contributed by atoms with Gasteiger partial charge in [0, 0.05) is 22.5 Å². The molecule has 31 heavy (non-hydrogen) atoms. The van der Waals surface area contributed by atoms with Crippen molar-refractivity contribution >= 4 is 34.1 Å². The highest BCUT2D eigenvalue weighted by Crippen LogP contribution is 2.45. The Morgan fingerprint density at radius 3 is 2.55 bits per heavy atom. The molecule has 0 aliphatic carbocycles. The number of benzene rings is 2. The minimum atomic E-state index is -4.80. The summed E-state index contributed by atoms with van der Waals surface area (Å²) in [4.78, 5) is 16.5. The van der Waals surface area contributed by atoms with Crippen molar-refractivity contribution in [1.29, 1.82) is 0 Å². The van der Waals surface area contributed by atoms with E-state index in [1.54, 1.807) is 18.2 Å². The summed E-state index contributed by atoms with van der Waals surface area (Å²) in [5.41, 5.74) is -1.45. The average molecular weight is 464 g/mol. The maximum atomic E-state index is 13.3. The largest absolute Gasteiger partial charge is 0.423 e. The molecule has 4 rings (SSSR count). The Kier molecular flexibility index (Phi) is 5.67. The van der Waals surface area contributed by atoms with E-state index >= 15 is 0 Å². The number of alkyl halides is 3. The molecular weight excluding hydrogens is 447 g/mol. The zero-order chi connectivity index (χ0) is 22.2. The lowest BCUT2D eigenvalue weighted by molar-refractivity contribution is -0.266. The molecule has 2 heterocycles. The number of hydrogen-bond donors (Lipinski definition) is 1. The number of halogens is 3. The van der Waals surface area contributed by atoms with Crippen molar-refractivity contribution in [2.75, 3.05) is 0 Å². The van der Waals surface area contributed by atoms with E-state index in [2.05, 4.69) is 4.98 Å². The van der Waals surface area contributed by atoms with Gasteiger partial charge in [0.05, 0.1) is 4.88 Å². The van der Waals surface area contributed by atoms with Crippen molar-refractivity contribution in [1.82, 2.24) is 4.98 Å². The van der Waals surface area contributed by atoms with Gasteiger partial charge in [0.25, 0.3) is 0 Å². The van der Waals surface area contributed by atoms with Crippen molar-refractivity contribution in [3.63, 3.8) is 0 Å². The highest BCUT2D eigenvalue weighted by molar-refractivity contribution is 8.01. The number of thiazole rings is 1. The molecule has 0 fully saturated rings. The lowest BCUT2D eigenvalue weighted by atomic mass is 9.99. The standard InChI is InChI=1S/C22H16F3NO3S2/c1-2-21(28,22(23,24)25)18-12-26-20(31-18)30-14-8-9-15-16(13-6-4-3-5-7-13)11-19(27)29-17(15)10-14/h3-12,28H,2H2,1H3/t21-/m0/s1. The van der Waals surface area contributed by atoms with Crippen molar-refractivity contribution in [2.45, 2.75) is 34.4 Å². The molecule has 0 saturated heterocycles. The molecule has 1 N–H and O–H groups in total. The molecule has 4 aromatic rings. The average Bonchev–Trinajstić information content (AvgIpc) is 3.21. The van der Waals surface area contributed by atoms with E-state index in [-0.39, 0.29) is 4.88 Å². The van der Waals surface area contributed by atoms with E-state index in [4.69, 9.17) is 4.42 Å². The Morgan fingerprint density at radius 1 is 1.13 bits per heavy atom. The third-order valence-electron chi connectivity index (χ3n) is 4.88. The van der Waals surface area contributed by atoms with Gasteiger partial charge in [-0.15, -0.1) is 11.3 Å². The third-order valence-corrected chi connectivity index (χ3v) is 7.09. The van der Waals surface area contributed by atoms with Crippen LogP contribution in [-0.4, -0.2) is 16.3 Å². The van der Waals surface area contributed by atoms with Gasteiger partial charge in [0.1, 0.15) is 5.58 Å². The first-order valence-electron chi connectivity index (χ1n) is 9.28. The van der Waals surface area contributed by atoms with Crippen molar-refractivity contribution in [3.8, 4) is 11.1 Å². The Labute approximate surface area is 183 Å². The van der Waals surface area contributed by atoms with Gasteiger partial charge in [-0.05, 0) is 35.7 Å². The smallest absolute Gasteiger partial charge is 0.422 e. The Morgan fingerprint density at radius 2 is 1.87 bits per heavy atom. The molecule has 0 amide bonds. The molecule has 0 aliphatic heterocycles. The van der Waals surface area contributed by atoms with Gasteiger partial charge in [-0.1, -0.05) is 49.0 Å². The number of rotatable bonds is 5. The molecule has 9 heteroatoms. The van der Waals surface area contributed by atoms with Crippen molar-refractivity contribution < 1.29 is 22.7 Å². The fraction of sp³-hybridized carbons (Fsp3) is 0.182. The normalized spacial score (nSPS) is 14.0. The lowest BCUT2D eigenvalue weighted by Gasteiger charge is -2.27. The Bertz CT molecular complexity index is 1280. The van der Waals surface area contributed by atoms with Gasteiger partial charge in [0.15, 0.2) is 9.94 Å². The van der Waals surface area contributed by atoms with Crippen LogP contribution >= 0.6 is 23.1 Å². The first kappa shape index (κ1) is 21.6. The van der Waals surface area contributed by atoms with Crippen LogP contribution < -0.4 is 5.63 Å². The van der Waals surface area contributed by atoms with E-state index < -0.39 is 23.8 Å². The van der Waals surface area contributed by atoms with Crippen LogP contribution in [-0.2, 0) is 5.60 Å². The van der Waals surface area contributed by atoms with E-state index in [1.165, 1.54) is 13.0 Å². The highest BCUT2D eigenvalue weighted by atomic mass is 32.2. The molecule has 0 saturated carbocycles. The summed E-state index contributed by atoms with van der Waals surface area (Å²) in [6.07, 6.45) is -4.25. The maximum Gasteiger partial charge on any atom is 0.422 e. The van der Waals surface area contributed by atoms with Crippen LogP contribution in [0.25, 0.3) is 22.1 Å². The lowest BCUT2D eigenvalue weighted by Crippen LogP contribution is -2.40. The number of nitrogens with zero attached hydrogens (tertiary/aromatic N) is 1. The van der Waals surface area contributed by atoms with Gasteiger partial charge in [-0.2, -0.15) is 13.2 Å². The minimum Gasteiger partial charge on any atom is -0.423 e. The van der Waals surface area contributed by atoms with Crippen LogP contribution in [0.3, 0.4) is 0 Å². The molecule has 1 atom stereocenters. The molecule has 0 aliphatic rings. The molecule has 2 aromatic heterocycles. The van der Waals surface area contributed by atoms with Gasteiger partial charge in [-0.3, -0.25) is 0 Å². The topological polar surface area (TPSA) is 63.3 Å². The second-order valence-corrected chi connectivity index (χ2v) is 9.16. The van der Waals surface area contributed by atoms with E-state index in [1.807, 2.05) is 30.3 Å². The summed E-state index contributed by atoms with van der Waals surface area (Å²) < 4.78 is 45.6. The molecule has 4 nitrogen and oxygen atoms in total. The summed E-state index contributed by atoms with van der Waals surface area (Å²) >= 11 is 1.92. The zero-order valence-electron chi connectivity index (χ0n) is 16.1. The molecule has 0 spiro atoms. The highest BCUT2D eigenvalue weighted by Gasteiger charge is 2.54. The predicted molar refractivity (Wildman–Crippen MR) is 114 cm³/mol. The van der Waals surface area contributed by atoms with Crippen LogP contribution in [0.1, 0.15) is 18.2 Å². The molecule has 0 bridgehead atoms. The second kappa shape index (κ2) is 8.14. The summed E-state index contributed by atoms with van der Waals surface area (Å²) in [7, 11) is 0. The SMILES string of the molecule is CC[C@](O)(c1cnc(Sc2ccc3c(-c4ccccc4)cc(=O)oc3c2)s1)C(F)(F)F.